The van der Waals surface area contributed by atoms with Crippen molar-refractivity contribution in [2.24, 2.45) is 0 Å². The Morgan fingerprint density at radius 1 is 0.278 bits per heavy atom. The van der Waals surface area contributed by atoms with Crippen LogP contribution in [0.15, 0.2) is 206 Å². The Balaban J connectivity index is 1.08. The van der Waals surface area contributed by atoms with Crippen molar-refractivity contribution >= 4 is 45.0 Å². The van der Waals surface area contributed by atoms with Crippen LogP contribution >= 0.6 is 0 Å². The second kappa shape index (κ2) is 13.4. The number of fused-ring (bicyclic) bond motifs is 5. The Labute approximate surface area is 315 Å². The quantitative estimate of drug-likeness (QED) is 0.148. The summed E-state index contributed by atoms with van der Waals surface area (Å²) in [7, 11) is 0. The Bertz CT molecular complexity index is 2920. The van der Waals surface area contributed by atoms with Gasteiger partial charge in [-0.2, -0.15) is 0 Å². The van der Waals surface area contributed by atoms with Gasteiger partial charge < -0.3 is 9.13 Å². The van der Waals surface area contributed by atoms with E-state index in [0.717, 1.165) is 11.4 Å². The average Bonchev–Trinajstić information content (AvgIpc) is 3.76. The Kier molecular flexibility index (Phi) is 7.85. The molecule has 254 valence electrons. The van der Waals surface area contributed by atoms with Gasteiger partial charge in [0.25, 0.3) is 0 Å². The maximum atomic E-state index is 2.46. The van der Waals surface area contributed by atoms with E-state index in [2.05, 4.69) is 228 Å². The molecule has 0 amide bonds. The predicted molar refractivity (Wildman–Crippen MR) is 229 cm³/mol. The van der Waals surface area contributed by atoms with Crippen molar-refractivity contribution in [2.75, 3.05) is 0 Å². The highest BCUT2D eigenvalue weighted by molar-refractivity contribution is 6.20. The molecule has 0 atom stereocenters. The molecule has 0 saturated carbocycles. The molecule has 0 bridgehead atoms. The molecule has 0 saturated heterocycles. The van der Waals surface area contributed by atoms with Gasteiger partial charge in [-0.1, -0.05) is 182 Å². The lowest BCUT2D eigenvalue weighted by atomic mass is 10.0. The Morgan fingerprint density at radius 2 is 0.593 bits per heavy atom. The second-order valence-corrected chi connectivity index (χ2v) is 13.8. The minimum atomic E-state index is 1.14. The largest absolute Gasteiger partial charge is 0.307 e. The fourth-order valence-electron chi connectivity index (χ4n) is 7.86. The van der Waals surface area contributed by atoms with Crippen molar-refractivity contribution in [3.05, 3.63) is 217 Å². The van der Waals surface area contributed by atoms with Crippen LogP contribution in [-0.4, -0.2) is 9.13 Å². The molecular formula is C52H36N2. The molecule has 10 aromatic rings. The zero-order valence-electron chi connectivity index (χ0n) is 29.7. The highest BCUT2D eigenvalue weighted by atomic mass is 15.1. The molecule has 0 aliphatic carbocycles. The van der Waals surface area contributed by atoms with Crippen LogP contribution in [0.3, 0.4) is 0 Å². The first-order chi connectivity index (χ1) is 26.8. The predicted octanol–water partition coefficient (Wildman–Crippen LogP) is 13.9. The number of para-hydroxylation sites is 2. The van der Waals surface area contributed by atoms with E-state index in [9.17, 15) is 0 Å². The number of hydrogen-bond acceptors (Lipinski definition) is 0. The average molecular weight is 689 g/mol. The van der Waals surface area contributed by atoms with Gasteiger partial charge in [-0.15, -0.1) is 0 Å². The first kappa shape index (κ1) is 31.6. The van der Waals surface area contributed by atoms with Gasteiger partial charge in [0.2, 0.25) is 0 Å². The lowest BCUT2D eigenvalue weighted by Gasteiger charge is -2.11. The van der Waals surface area contributed by atoms with E-state index >= 15 is 0 Å². The van der Waals surface area contributed by atoms with Crippen molar-refractivity contribution in [2.45, 2.75) is 0 Å². The van der Waals surface area contributed by atoms with Crippen LogP contribution < -0.4 is 0 Å². The van der Waals surface area contributed by atoms with Gasteiger partial charge in [0.15, 0.2) is 0 Å². The Hall–Kier alpha value is -7.16. The van der Waals surface area contributed by atoms with Crippen LogP contribution in [0, 0.1) is 0 Å². The standard InChI is InChI=1S/C52H36N2/c1-5-13-39(14-6-1)41-27-23-37(24-28-41)21-22-38-25-29-42(30-26-38)44-32-34-48-50(36-44)54(46-19-11-4-12-20-46)51-47-33-31-43(40-15-7-2-8-16-40)35-49(47)53(52(48)51)45-17-9-3-10-18-45/h1-36H/b22-21+. The van der Waals surface area contributed by atoms with E-state index in [1.807, 2.05) is 0 Å². The summed E-state index contributed by atoms with van der Waals surface area (Å²) in [5.74, 6) is 0. The molecule has 0 aliphatic rings. The van der Waals surface area contributed by atoms with Gasteiger partial charge in [-0.05, 0) is 80.9 Å². The summed E-state index contributed by atoms with van der Waals surface area (Å²) in [6.45, 7) is 0. The molecule has 0 fully saturated rings. The van der Waals surface area contributed by atoms with E-state index in [1.54, 1.807) is 0 Å². The van der Waals surface area contributed by atoms with Gasteiger partial charge in [-0.3, -0.25) is 0 Å². The van der Waals surface area contributed by atoms with E-state index in [1.165, 1.54) is 77.3 Å². The van der Waals surface area contributed by atoms with Crippen molar-refractivity contribution < 1.29 is 0 Å². The first-order valence-electron chi connectivity index (χ1n) is 18.5. The zero-order chi connectivity index (χ0) is 35.8. The van der Waals surface area contributed by atoms with Gasteiger partial charge in [0.05, 0.1) is 22.1 Å². The number of aromatic nitrogens is 2. The molecular weight excluding hydrogens is 653 g/mol. The summed E-state index contributed by atoms with van der Waals surface area (Å²) in [4.78, 5) is 0. The summed E-state index contributed by atoms with van der Waals surface area (Å²) in [5, 5.41) is 2.44. The normalized spacial score (nSPS) is 11.6. The van der Waals surface area contributed by atoms with Crippen LogP contribution in [0.25, 0.3) is 89.7 Å². The van der Waals surface area contributed by atoms with Crippen LogP contribution in [-0.2, 0) is 0 Å². The minimum Gasteiger partial charge on any atom is -0.307 e. The molecule has 0 aliphatic heterocycles. The molecule has 0 N–H and O–H groups in total. The summed E-state index contributed by atoms with van der Waals surface area (Å²) in [5.41, 5.74) is 16.7. The molecule has 2 heterocycles. The molecule has 0 radical (unpaired) electrons. The lowest BCUT2D eigenvalue weighted by molar-refractivity contribution is 1.17. The highest BCUT2D eigenvalue weighted by Gasteiger charge is 2.23. The lowest BCUT2D eigenvalue weighted by Crippen LogP contribution is -1.94. The molecule has 2 nitrogen and oxygen atoms in total. The van der Waals surface area contributed by atoms with Gasteiger partial charge in [0, 0.05) is 22.1 Å². The fourth-order valence-corrected chi connectivity index (χ4v) is 7.86. The summed E-state index contributed by atoms with van der Waals surface area (Å²) in [6, 6.07) is 74.2. The molecule has 10 rings (SSSR count). The van der Waals surface area contributed by atoms with Crippen molar-refractivity contribution in [3.8, 4) is 44.8 Å². The molecule has 0 spiro atoms. The highest BCUT2D eigenvalue weighted by Crippen LogP contribution is 2.43. The molecule has 0 unspecified atom stereocenters. The number of benzene rings is 8. The van der Waals surface area contributed by atoms with Crippen LogP contribution in [0.4, 0.5) is 0 Å². The SMILES string of the molecule is C(=C\c1ccc(-c2ccc3c(c2)n(-c2ccccc2)c2c4ccc(-c5ccccc5)cc4n(-c4ccccc4)c32)cc1)/c1ccc(-c2ccccc2)cc1. The van der Waals surface area contributed by atoms with E-state index in [-0.39, 0.29) is 0 Å². The number of rotatable bonds is 7. The smallest absolute Gasteiger partial charge is 0.0803 e. The third-order valence-electron chi connectivity index (χ3n) is 10.5. The maximum Gasteiger partial charge on any atom is 0.0803 e. The summed E-state index contributed by atoms with van der Waals surface area (Å²) < 4.78 is 4.91. The van der Waals surface area contributed by atoms with E-state index < -0.39 is 0 Å². The number of hydrogen-bond donors (Lipinski definition) is 0. The zero-order valence-corrected chi connectivity index (χ0v) is 29.7. The first-order valence-corrected chi connectivity index (χ1v) is 18.5. The van der Waals surface area contributed by atoms with Crippen molar-refractivity contribution in [1.29, 1.82) is 0 Å². The topological polar surface area (TPSA) is 9.86 Å². The monoisotopic (exact) mass is 688 g/mol. The number of nitrogens with zero attached hydrogens (tertiary/aromatic N) is 2. The molecule has 8 aromatic carbocycles. The van der Waals surface area contributed by atoms with Crippen molar-refractivity contribution in [3.63, 3.8) is 0 Å². The summed E-state index contributed by atoms with van der Waals surface area (Å²) in [6.07, 6.45) is 4.37. The van der Waals surface area contributed by atoms with E-state index in [0.29, 0.717) is 0 Å². The third-order valence-corrected chi connectivity index (χ3v) is 10.5. The molecule has 2 heteroatoms. The van der Waals surface area contributed by atoms with Gasteiger partial charge >= 0.3 is 0 Å². The van der Waals surface area contributed by atoms with Crippen LogP contribution in [0.1, 0.15) is 11.1 Å². The maximum absolute atomic E-state index is 2.46. The van der Waals surface area contributed by atoms with E-state index in [4.69, 9.17) is 0 Å². The fraction of sp³-hybridized carbons (Fsp3) is 0. The summed E-state index contributed by atoms with van der Waals surface area (Å²) >= 11 is 0. The molecule has 54 heavy (non-hydrogen) atoms. The van der Waals surface area contributed by atoms with Gasteiger partial charge in [0.1, 0.15) is 0 Å². The van der Waals surface area contributed by atoms with Crippen LogP contribution in [0.5, 0.6) is 0 Å². The Morgan fingerprint density at radius 3 is 1.00 bits per heavy atom. The van der Waals surface area contributed by atoms with Crippen LogP contribution in [0.2, 0.25) is 0 Å². The van der Waals surface area contributed by atoms with Gasteiger partial charge in [-0.25, -0.2) is 0 Å². The molecule has 2 aromatic heterocycles. The minimum absolute atomic E-state index is 1.14. The third kappa shape index (κ3) is 5.62. The van der Waals surface area contributed by atoms with Crippen molar-refractivity contribution in [1.82, 2.24) is 9.13 Å². The second-order valence-electron chi connectivity index (χ2n) is 13.8.